The number of methoxy groups -OCH3 is 1. The van der Waals surface area contributed by atoms with Crippen LogP contribution in [-0.4, -0.2) is 26.3 Å². The highest BCUT2D eigenvalue weighted by Crippen LogP contribution is 2.28. The van der Waals surface area contributed by atoms with Crippen LogP contribution in [0.5, 0.6) is 0 Å². The van der Waals surface area contributed by atoms with E-state index in [0.29, 0.717) is 11.6 Å². The highest BCUT2D eigenvalue weighted by atomic mass is 35.5. The minimum atomic E-state index is -0.654. The molecule has 2 aromatic carbocycles. The number of halogens is 1. The molecule has 0 N–H and O–H groups in total. The molecule has 6 heteroatoms. The molecule has 128 valence electrons. The van der Waals surface area contributed by atoms with E-state index >= 15 is 0 Å². The van der Waals surface area contributed by atoms with Gasteiger partial charge in [0.15, 0.2) is 0 Å². The Morgan fingerprint density at radius 2 is 1.72 bits per heavy atom. The van der Waals surface area contributed by atoms with Gasteiger partial charge in [0.05, 0.1) is 6.61 Å². The summed E-state index contributed by atoms with van der Waals surface area (Å²) in [5.74, 6) is -0.654. The molecular formula is C19H16ClNO3S. The van der Waals surface area contributed by atoms with E-state index in [-0.39, 0.29) is 12.2 Å². The highest BCUT2D eigenvalue weighted by molar-refractivity contribution is 7.99. The molecule has 0 fully saturated rings. The lowest BCUT2D eigenvalue weighted by atomic mass is 10.1. The Hall–Kier alpha value is -2.26. The molecule has 0 spiro atoms. The summed E-state index contributed by atoms with van der Waals surface area (Å²) in [5.41, 5.74) is 0.704. The van der Waals surface area contributed by atoms with Gasteiger partial charge in [-0.15, -0.1) is 0 Å². The van der Waals surface area contributed by atoms with E-state index in [1.165, 1.54) is 13.2 Å². The molecule has 0 unspecified atom stereocenters. The topological polar surface area (TPSA) is 59.3 Å². The van der Waals surface area contributed by atoms with Crippen LogP contribution >= 0.6 is 23.4 Å². The van der Waals surface area contributed by atoms with Crippen molar-refractivity contribution in [3.05, 3.63) is 64.7 Å². The third-order valence-corrected chi connectivity index (χ3v) is 4.37. The number of nitriles is 1. The molecule has 0 amide bonds. The molecule has 0 radical (unpaired) electrons. The fourth-order valence-electron chi connectivity index (χ4n) is 1.87. The summed E-state index contributed by atoms with van der Waals surface area (Å²) in [6.07, 6.45) is 1.51. The first kappa shape index (κ1) is 19.1. The number of ether oxygens (including phenoxy) is 2. The predicted molar refractivity (Wildman–Crippen MR) is 98.4 cm³/mol. The first-order chi connectivity index (χ1) is 12.1. The second-order valence-corrected chi connectivity index (χ2v) is 6.51. The zero-order valence-electron chi connectivity index (χ0n) is 13.6. The second-order valence-electron chi connectivity index (χ2n) is 4.92. The van der Waals surface area contributed by atoms with Gasteiger partial charge in [0.25, 0.3) is 0 Å². The number of hydrogen-bond acceptors (Lipinski definition) is 5. The third-order valence-electron chi connectivity index (χ3n) is 3.10. The summed E-state index contributed by atoms with van der Waals surface area (Å²) >= 11 is 7.48. The van der Waals surface area contributed by atoms with E-state index in [1.807, 2.05) is 54.6 Å². The van der Waals surface area contributed by atoms with Crippen LogP contribution in [0.15, 0.2) is 63.9 Å². The van der Waals surface area contributed by atoms with E-state index < -0.39 is 5.97 Å². The van der Waals surface area contributed by atoms with Gasteiger partial charge >= 0.3 is 5.97 Å². The molecule has 0 heterocycles. The number of benzene rings is 2. The van der Waals surface area contributed by atoms with Crippen LogP contribution in [0.1, 0.15) is 5.56 Å². The van der Waals surface area contributed by atoms with Crippen LogP contribution in [0.2, 0.25) is 5.02 Å². The number of carbonyl (C=O) groups is 1. The Morgan fingerprint density at radius 1 is 1.12 bits per heavy atom. The van der Waals surface area contributed by atoms with Gasteiger partial charge in [0, 0.05) is 21.9 Å². The van der Waals surface area contributed by atoms with Gasteiger partial charge in [-0.3, -0.25) is 0 Å². The van der Waals surface area contributed by atoms with E-state index in [0.717, 1.165) is 15.4 Å². The maximum absolute atomic E-state index is 11.8. The molecule has 4 nitrogen and oxygen atoms in total. The molecule has 0 aliphatic carbocycles. The van der Waals surface area contributed by atoms with Gasteiger partial charge in [-0.1, -0.05) is 35.5 Å². The quantitative estimate of drug-likeness (QED) is 0.307. The number of hydrogen-bond donors (Lipinski definition) is 0. The van der Waals surface area contributed by atoms with Gasteiger partial charge in [-0.05, 0) is 48.0 Å². The Bertz CT molecular complexity index is 780. The van der Waals surface area contributed by atoms with Gasteiger partial charge < -0.3 is 9.47 Å². The molecule has 0 aromatic heterocycles. The van der Waals surface area contributed by atoms with Crippen LogP contribution in [0, 0.1) is 11.3 Å². The molecule has 0 bridgehead atoms. The smallest absolute Gasteiger partial charge is 0.348 e. The van der Waals surface area contributed by atoms with Crippen LogP contribution in [0.3, 0.4) is 0 Å². The molecular weight excluding hydrogens is 358 g/mol. The molecule has 2 aromatic rings. The van der Waals surface area contributed by atoms with Crippen molar-refractivity contribution in [2.24, 2.45) is 0 Å². The minimum absolute atomic E-state index is 0.0470. The molecule has 0 saturated heterocycles. The summed E-state index contributed by atoms with van der Waals surface area (Å²) in [6.45, 7) is 0.409. The van der Waals surface area contributed by atoms with Crippen LogP contribution in [0.25, 0.3) is 6.08 Å². The van der Waals surface area contributed by atoms with Crippen LogP contribution in [-0.2, 0) is 14.3 Å². The van der Waals surface area contributed by atoms with E-state index in [1.54, 1.807) is 11.8 Å². The Balaban J connectivity index is 2.03. The zero-order valence-corrected chi connectivity index (χ0v) is 15.1. The van der Waals surface area contributed by atoms with Crippen molar-refractivity contribution in [1.29, 1.82) is 5.26 Å². The maximum atomic E-state index is 11.8. The Morgan fingerprint density at radius 3 is 2.28 bits per heavy atom. The highest BCUT2D eigenvalue weighted by Gasteiger charge is 2.10. The summed E-state index contributed by atoms with van der Waals surface area (Å²) in [7, 11) is 1.51. The minimum Gasteiger partial charge on any atom is -0.459 e. The summed E-state index contributed by atoms with van der Waals surface area (Å²) < 4.78 is 9.75. The van der Waals surface area contributed by atoms with Crippen molar-refractivity contribution < 1.29 is 14.3 Å². The maximum Gasteiger partial charge on any atom is 0.348 e. The molecule has 2 rings (SSSR count). The molecule has 0 aliphatic heterocycles. The van der Waals surface area contributed by atoms with Crippen LogP contribution < -0.4 is 0 Å². The predicted octanol–water partition coefficient (Wildman–Crippen LogP) is 4.59. The Labute approximate surface area is 156 Å². The van der Waals surface area contributed by atoms with Gasteiger partial charge in [0.1, 0.15) is 18.2 Å². The lowest BCUT2D eigenvalue weighted by molar-refractivity contribution is -0.139. The van der Waals surface area contributed by atoms with Gasteiger partial charge in [-0.2, -0.15) is 5.26 Å². The fraction of sp³-hybridized carbons (Fsp3) is 0.158. The number of nitrogens with zero attached hydrogens (tertiary/aromatic N) is 1. The van der Waals surface area contributed by atoms with E-state index in [4.69, 9.17) is 26.3 Å². The summed E-state index contributed by atoms with van der Waals surface area (Å²) in [5, 5.41) is 9.82. The number of carbonyl (C=O) groups excluding carboxylic acids is 1. The van der Waals surface area contributed by atoms with Crippen LogP contribution in [0.4, 0.5) is 0 Å². The van der Waals surface area contributed by atoms with Crippen molar-refractivity contribution in [1.82, 2.24) is 0 Å². The second kappa shape index (κ2) is 9.90. The Kier molecular flexibility index (Phi) is 7.55. The summed E-state index contributed by atoms with van der Waals surface area (Å²) in [4.78, 5) is 13.9. The number of rotatable bonds is 7. The molecule has 0 atom stereocenters. The monoisotopic (exact) mass is 373 g/mol. The van der Waals surface area contributed by atoms with Crippen molar-refractivity contribution in [2.75, 3.05) is 20.3 Å². The standard InChI is InChI=1S/C19H16ClNO3S/c1-23-10-11-24-19(22)15(13-21)12-14-2-6-17(7-3-14)25-18-8-4-16(20)5-9-18/h2-9,12H,10-11H2,1H3/b15-12+. The fourth-order valence-corrected chi connectivity index (χ4v) is 2.81. The van der Waals surface area contributed by atoms with Gasteiger partial charge in [0.2, 0.25) is 0 Å². The first-order valence-electron chi connectivity index (χ1n) is 7.43. The lowest BCUT2D eigenvalue weighted by Gasteiger charge is -2.04. The van der Waals surface area contributed by atoms with Crippen molar-refractivity contribution in [2.45, 2.75) is 9.79 Å². The average molecular weight is 374 g/mol. The third kappa shape index (κ3) is 6.28. The SMILES string of the molecule is COCCOC(=O)/C(C#N)=C/c1ccc(Sc2ccc(Cl)cc2)cc1. The van der Waals surface area contributed by atoms with Crippen molar-refractivity contribution in [3.63, 3.8) is 0 Å². The summed E-state index contributed by atoms with van der Waals surface area (Å²) in [6, 6.07) is 17.0. The number of esters is 1. The average Bonchev–Trinajstić information content (AvgIpc) is 2.63. The zero-order chi connectivity index (χ0) is 18.1. The molecule has 0 saturated carbocycles. The van der Waals surface area contributed by atoms with Crippen molar-refractivity contribution >= 4 is 35.4 Å². The van der Waals surface area contributed by atoms with Gasteiger partial charge in [-0.25, -0.2) is 4.79 Å². The van der Waals surface area contributed by atoms with Crippen molar-refractivity contribution in [3.8, 4) is 6.07 Å². The first-order valence-corrected chi connectivity index (χ1v) is 8.63. The molecule has 25 heavy (non-hydrogen) atoms. The van der Waals surface area contributed by atoms with E-state index in [9.17, 15) is 4.79 Å². The largest absolute Gasteiger partial charge is 0.459 e. The van der Waals surface area contributed by atoms with E-state index in [2.05, 4.69) is 0 Å². The molecule has 0 aliphatic rings. The normalized spacial score (nSPS) is 11.0. The lowest BCUT2D eigenvalue weighted by Crippen LogP contribution is -2.11.